The molecule has 1 N–H and O–H groups in total. The predicted octanol–water partition coefficient (Wildman–Crippen LogP) is 3.45. The van der Waals surface area contributed by atoms with Gasteiger partial charge >= 0.3 is 5.97 Å². The number of methoxy groups -OCH3 is 1. The number of hydrogen-bond acceptors (Lipinski definition) is 3. The second kappa shape index (κ2) is 7.67. The SMILES string of the molecule is CCCC(CC(=O)O)c1ccc(OCC)c(OC)c1. The van der Waals surface area contributed by atoms with E-state index in [-0.39, 0.29) is 12.3 Å². The molecule has 19 heavy (non-hydrogen) atoms. The van der Waals surface area contributed by atoms with Gasteiger partial charge in [0, 0.05) is 0 Å². The number of carboxylic acids is 1. The maximum Gasteiger partial charge on any atom is 0.303 e. The van der Waals surface area contributed by atoms with E-state index in [0.717, 1.165) is 18.4 Å². The molecule has 1 unspecified atom stereocenters. The van der Waals surface area contributed by atoms with Crippen molar-refractivity contribution in [1.29, 1.82) is 0 Å². The summed E-state index contributed by atoms with van der Waals surface area (Å²) < 4.78 is 10.8. The highest BCUT2D eigenvalue weighted by Crippen LogP contribution is 2.33. The lowest BCUT2D eigenvalue weighted by Crippen LogP contribution is -2.07. The molecule has 0 radical (unpaired) electrons. The molecule has 0 aliphatic carbocycles. The lowest BCUT2D eigenvalue weighted by atomic mass is 9.91. The van der Waals surface area contributed by atoms with Crippen LogP contribution in [0.2, 0.25) is 0 Å². The van der Waals surface area contributed by atoms with Crippen LogP contribution in [0.1, 0.15) is 44.6 Å². The number of carbonyl (C=O) groups is 1. The Bertz CT molecular complexity index is 415. The van der Waals surface area contributed by atoms with E-state index >= 15 is 0 Å². The normalized spacial score (nSPS) is 11.9. The summed E-state index contributed by atoms with van der Waals surface area (Å²) in [5.74, 6) is 0.601. The lowest BCUT2D eigenvalue weighted by molar-refractivity contribution is -0.137. The Morgan fingerprint density at radius 1 is 1.32 bits per heavy atom. The summed E-state index contributed by atoms with van der Waals surface area (Å²) >= 11 is 0. The van der Waals surface area contributed by atoms with Crippen molar-refractivity contribution in [2.75, 3.05) is 13.7 Å². The van der Waals surface area contributed by atoms with Gasteiger partial charge in [-0.3, -0.25) is 4.79 Å². The summed E-state index contributed by atoms with van der Waals surface area (Å²) in [4.78, 5) is 10.9. The van der Waals surface area contributed by atoms with Gasteiger partial charge in [0.15, 0.2) is 11.5 Å². The molecular formula is C15H22O4. The molecule has 1 aromatic rings. The van der Waals surface area contributed by atoms with Crippen LogP contribution in [-0.4, -0.2) is 24.8 Å². The van der Waals surface area contributed by atoms with Crippen molar-refractivity contribution >= 4 is 5.97 Å². The van der Waals surface area contributed by atoms with E-state index in [4.69, 9.17) is 14.6 Å². The van der Waals surface area contributed by atoms with E-state index < -0.39 is 5.97 Å². The Morgan fingerprint density at radius 3 is 2.58 bits per heavy atom. The van der Waals surface area contributed by atoms with E-state index in [1.807, 2.05) is 25.1 Å². The first-order chi connectivity index (χ1) is 9.12. The van der Waals surface area contributed by atoms with Crippen LogP contribution < -0.4 is 9.47 Å². The predicted molar refractivity (Wildman–Crippen MR) is 74.1 cm³/mol. The first-order valence-corrected chi connectivity index (χ1v) is 6.64. The van der Waals surface area contributed by atoms with Crippen molar-refractivity contribution in [3.8, 4) is 11.5 Å². The van der Waals surface area contributed by atoms with Gasteiger partial charge in [0.1, 0.15) is 0 Å². The fourth-order valence-corrected chi connectivity index (χ4v) is 2.16. The van der Waals surface area contributed by atoms with Crippen molar-refractivity contribution in [3.63, 3.8) is 0 Å². The van der Waals surface area contributed by atoms with Gasteiger partial charge in [-0.25, -0.2) is 0 Å². The first-order valence-electron chi connectivity index (χ1n) is 6.64. The molecule has 0 fully saturated rings. The highest BCUT2D eigenvalue weighted by Gasteiger charge is 2.17. The standard InChI is InChI=1S/C15H22O4/c1-4-6-11(10-15(16)17)12-7-8-13(19-5-2)14(9-12)18-3/h7-9,11H,4-6,10H2,1-3H3,(H,16,17). The molecule has 0 aliphatic rings. The molecular weight excluding hydrogens is 244 g/mol. The van der Waals surface area contributed by atoms with Gasteiger partial charge in [-0.05, 0) is 37.0 Å². The zero-order chi connectivity index (χ0) is 14.3. The number of carboxylic acid groups (broad SMARTS) is 1. The fourth-order valence-electron chi connectivity index (χ4n) is 2.16. The summed E-state index contributed by atoms with van der Waals surface area (Å²) in [7, 11) is 1.59. The topological polar surface area (TPSA) is 55.8 Å². The van der Waals surface area contributed by atoms with E-state index in [9.17, 15) is 4.79 Å². The monoisotopic (exact) mass is 266 g/mol. The molecule has 0 spiro atoms. The number of hydrogen-bond donors (Lipinski definition) is 1. The third kappa shape index (κ3) is 4.47. The molecule has 0 amide bonds. The maximum atomic E-state index is 10.9. The minimum absolute atomic E-state index is 0.0204. The Morgan fingerprint density at radius 2 is 2.05 bits per heavy atom. The van der Waals surface area contributed by atoms with E-state index in [2.05, 4.69) is 6.92 Å². The average Bonchev–Trinajstić information content (AvgIpc) is 2.38. The summed E-state index contributed by atoms with van der Waals surface area (Å²) in [5.41, 5.74) is 0.990. The van der Waals surface area contributed by atoms with Gasteiger partial charge in [0.2, 0.25) is 0 Å². The first kappa shape index (κ1) is 15.3. The van der Waals surface area contributed by atoms with Gasteiger partial charge in [0.05, 0.1) is 20.1 Å². The Hall–Kier alpha value is -1.71. The van der Waals surface area contributed by atoms with Crippen LogP contribution >= 0.6 is 0 Å². The van der Waals surface area contributed by atoms with Crippen molar-refractivity contribution < 1.29 is 19.4 Å². The van der Waals surface area contributed by atoms with Crippen LogP contribution in [0.4, 0.5) is 0 Å². The van der Waals surface area contributed by atoms with Crippen LogP contribution in [0, 0.1) is 0 Å². The highest BCUT2D eigenvalue weighted by atomic mass is 16.5. The van der Waals surface area contributed by atoms with Crippen molar-refractivity contribution in [1.82, 2.24) is 0 Å². The van der Waals surface area contributed by atoms with Crippen LogP contribution in [-0.2, 0) is 4.79 Å². The maximum absolute atomic E-state index is 10.9. The average molecular weight is 266 g/mol. The van der Waals surface area contributed by atoms with Crippen LogP contribution in [0.15, 0.2) is 18.2 Å². The van der Waals surface area contributed by atoms with Crippen LogP contribution in [0.5, 0.6) is 11.5 Å². The minimum atomic E-state index is -0.772. The summed E-state index contributed by atoms with van der Waals surface area (Å²) in [6.07, 6.45) is 1.95. The molecule has 1 atom stereocenters. The molecule has 0 aromatic heterocycles. The van der Waals surface area contributed by atoms with Gasteiger partial charge in [-0.1, -0.05) is 19.4 Å². The summed E-state index contributed by atoms with van der Waals surface area (Å²) in [6.45, 7) is 4.54. The van der Waals surface area contributed by atoms with E-state index in [1.54, 1.807) is 7.11 Å². The molecule has 1 aromatic carbocycles. The fraction of sp³-hybridized carbons (Fsp3) is 0.533. The summed E-state index contributed by atoms with van der Waals surface area (Å²) in [6, 6.07) is 5.66. The minimum Gasteiger partial charge on any atom is -0.493 e. The lowest BCUT2D eigenvalue weighted by Gasteiger charge is -2.17. The number of aliphatic carboxylic acids is 1. The molecule has 4 heteroatoms. The molecule has 4 nitrogen and oxygen atoms in total. The molecule has 1 rings (SSSR count). The van der Waals surface area contributed by atoms with Gasteiger partial charge in [0.25, 0.3) is 0 Å². The van der Waals surface area contributed by atoms with Crippen molar-refractivity contribution in [2.45, 2.75) is 39.0 Å². The summed E-state index contributed by atoms with van der Waals surface area (Å²) in [5, 5.41) is 8.98. The zero-order valence-corrected chi connectivity index (χ0v) is 11.8. The molecule has 0 heterocycles. The second-order valence-electron chi connectivity index (χ2n) is 4.43. The third-order valence-electron chi connectivity index (χ3n) is 3.02. The van der Waals surface area contributed by atoms with E-state index in [1.165, 1.54) is 0 Å². The highest BCUT2D eigenvalue weighted by molar-refractivity contribution is 5.68. The van der Waals surface area contributed by atoms with Crippen molar-refractivity contribution in [2.24, 2.45) is 0 Å². The van der Waals surface area contributed by atoms with Gasteiger partial charge < -0.3 is 14.6 Å². The number of ether oxygens (including phenoxy) is 2. The Labute approximate surface area is 114 Å². The van der Waals surface area contributed by atoms with Crippen molar-refractivity contribution in [3.05, 3.63) is 23.8 Å². The quantitative estimate of drug-likeness (QED) is 0.783. The largest absolute Gasteiger partial charge is 0.493 e. The molecule has 106 valence electrons. The zero-order valence-electron chi connectivity index (χ0n) is 11.8. The Kier molecular flexibility index (Phi) is 6.19. The number of benzene rings is 1. The van der Waals surface area contributed by atoms with Crippen LogP contribution in [0.25, 0.3) is 0 Å². The molecule has 0 saturated carbocycles. The Balaban J connectivity index is 2.99. The second-order valence-corrected chi connectivity index (χ2v) is 4.43. The molecule has 0 aliphatic heterocycles. The van der Waals surface area contributed by atoms with Gasteiger partial charge in [-0.15, -0.1) is 0 Å². The van der Waals surface area contributed by atoms with E-state index in [0.29, 0.717) is 18.1 Å². The number of rotatable bonds is 8. The smallest absolute Gasteiger partial charge is 0.303 e. The molecule has 0 bridgehead atoms. The van der Waals surface area contributed by atoms with Crippen LogP contribution in [0.3, 0.4) is 0 Å². The van der Waals surface area contributed by atoms with Gasteiger partial charge in [-0.2, -0.15) is 0 Å². The third-order valence-corrected chi connectivity index (χ3v) is 3.02. The molecule has 0 saturated heterocycles.